The van der Waals surface area contributed by atoms with E-state index in [2.05, 4.69) is 18.3 Å². The van der Waals surface area contributed by atoms with E-state index in [4.69, 9.17) is 10.00 Å². The number of nitrogens with zero attached hydrogens (tertiary/aromatic N) is 1. The van der Waals surface area contributed by atoms with Crippen molar-refractivity contribution in [1.29, 1.82) is 5.26 Å². The molecule has 1 N–H and O–H groups in total. The average Bonchev–Trinajstić information content (AvgIpc) is 2.48. The van der Waals surface area contributed by atoms with Crippen LogP contribution in [0.4, 0.5) is 0 Å². The Kier molecular flexibility index (Phi) is 5.58. The predicted octanol–water partition coefficient (Wildman–Crippen LogP) is 3.30. The number of hydrogen-bond acceptors (Lipinski definition) is 3. The SMILES string of the molecule is CCNC1CCC(OCc2ccc(C#N)cc2C)CC1. The fourth-order valence-electron chi connectivity index (χ4n) is 2.86. The predicted molar refractivity (Wildman–Crippen MR) is 80.4 cm³/mol. The first-order valence-corrected chi connectivity index (χ1v) is 7.57. The van der Waals surface area contributed by atoms with E-state index < -0.39 is 0 Å². The van der Waals surface area contributed by atoms with E-state index >= 15 is 0 Å². The molecule has 0 unspecified atom stereocenters. The van der Waals surface area contributed by atoms with Gasteiger partial charge in [0.15, 0.2) is 0 Å². The van der Waals surface area contributed by atoms with Gasteiger partial charge in [0.2, 0.25) is 0 Å². The molecule has 0 aromatic heterocycles. The third-order valence-electron chi connectivity index (χ3n) is 4.11. The van der Waals surface area contributed by atoms with Crippen LogP contribution < -0.4 is 5.32 Å². The maximum atomic E-state index is 8.87. The van der Waals surface area contributed by atoms with Crippen LogP contribution in [0.1, 0.15) is 49.3 Å². The molecule has 1 aromatic carbocycles. The van der Waals surface area contributed by atoms with Gasteiger partial charge in [-0.1, -0.05) is 13.0 Å². The van der Waals surface area contributed by atoms with Crippen molar-refractivity contribution in [2.24, 2.45) is 0 Å². The summed E-state index contributed by atoms with van der Waals surface area (Å²) in [6, 6.07) is 8.66. The van der Waals surface area contributed by atoms with Gasteiger partial charge < -0.3 is 10.1 Å². The molecule has 0 spiro atoms. The van der Waals surface area contributed by atoms with E-state index in [0.29, 0.717) is 18.8 Å². The summed E-state index contributed by atoms with van der Waals surface area (Å²) in [5.41, 5.74) is 3.06. The van der Waals surface area contributed by atoms with Gasteiger partial charge in [0.1, 0.15) is 0 Å². The molecule has 20 heavy (non-hydrogen) atoms. The summed E-state index contributed by atoms with van der Waals surface area (Å²) in [6.45, 7) is 5.92. The third kappa shape index (κ3) is 4.06. The summed E-state index contributed by atoms with van der Waals surface area (Å²) in [4.78, 5) is 0. The number of aryl methyl sites for hydroxylation is 1. The minimum absolute atomic E-state index is 0.389. The topological polar surface area (TPSA) is 45.0 Å². The molecular weight excluding hydrogens is 248 g/mol. The Morgan fingerprint density at radius 2 is 2.05 bits per heavy atom. The van der Waals surface area contributed by atoms with Crippen LogP contribution in [0.25, 0.3) is 0 Å². The zero-order chi connectivity index (χ0) is 14.4. The number of rotatable bonds is 5. The minimum atomic E-state index is 0.389. The first-order chi connectivity index (χ1) is 9.72. The van der Waals surface area contributed by atoms with Crippen molar-refractivity contribution in [2.75, 3.05) is 6.54 Å². The molecule has 0 amide bonds. The van der Waals surface area contributed by atoms with Crippen molar-refractivity contribution in [3.63, 3.8) is 0 Å². The van der Waals surface area contributed by atoms with Crippen LogP contribution in [0.15, 0.2) is 18.2 Å². The normalized spacial score (nSPS) is 22.4. The van der Waals surface area contributed by atoms with Crippen LogP contribution in [-0.4, -0.2) is 18.7 Å². The van der Waals surface area contributed by atoms with Gasteiger partial charge in [-0.15, -0.1) is 0 Å². The molecule has 0 atom stereocenters. The van der Waals surface area contributed by atoms with Crippen LogP contribution in [0.5, 0.6) is 0 Å². The van der Waals surface area contributed by atoms with Crippen molar-refractivity contribution in [3.8, 4) is 6.07 Å². The summed E-state index contributed by atoms with van der Waals surface area (Å²) in [7, 11) is 0. The highest BCUT2D eigenvalue weighted by Gasteiger charge is 2.20. The highest BCUT2D eigenvalue weighted by atomic mass is 16.5. The number of benzene rings is 1. The number of nitriles is 1. The molecular formula is C17H24N2O. The van der Waals surface area contributed by atoms with Gasteiger partial charge in [-0.25, -0.2) is 0 Å². The van der Waals surface area contributed by atoms with E-state index in [-0.39, 0.29) is 0 Å². The lowest BCUT2D eigenvalue weighted by Crippen LogP contribution is -2.35. The highest BCUT2D eigenvalue weighted by Crippen LogP contribution is 2.23. The summed E-state index contributed by atoms with van der Waals surface area (Å²) >= 11 is 0. The zero-order valence-electron chi connectivity index (χ0n) is 12.5. The standard InChI is InChI=1S/C17H24N2O/c1-3-19-16-6-8-17(9-7-16)20-12-15-5-4-14(11-18)10-13(15)2/h4-5,10,16-17,19H,3,6-9,12H2,1-2H3. The molecule has 1 fully saturated rings. The molecule has 0 bridgehead atoms. The number of hydrogen-bond donors (Lipinski definition) is 1. The van der Waals surface area contributed by atoms with Crippen LogP contribution in [0, 0.1) is 18.3 Å². The van der Waals surface area contributed by atoms with E-state index in [0.717, 1.165) is 30.5 Å². The third-order valence-corrected chi connectivity index (χ3v) is 4.11. The second-order valence-electron chi connectivity index (χ2n) is 5.60. The Bertz CT molecular complexity index is 470. The van der Waals surface area contributed by atoms with Crippen molar-refractivity contribution >= 4 is 0 Å². The molecule has 3 nitrogen and oxygen atoms in total. The van der Waals surface area contributed by atoms with E-state index in [1.165, 1.54) is 18.4 Å². The Morgan fingerprint density at radius 3 is 2.65 bits per heavy atom. The summed E-state index contributed by atoms with van der Waals surface area (Å²) in [5, 5.41) is 12.4. The van der Waals surface area contributed by atoms with Gasteiger partial charge in [-0.3, -0.25) is 0 Å². The maximum Gasteiger partial charge on any atom is 0.0991 e. The monoisotopic (exact) mass is 272 g/mol. The fraction of sp³-hybridized carbons (Fsp3) is 0.588. The van der Waals surface area contributed by atoms with Crippen molar-refractivity contribution in [2.45, 2.75) is 58.3 Å². The van der Waals surface area contributed by atoms with Crippen LogP contribution in [-0.2, 0) is 11.3 Å². The van der Waals surface area contributed by atoms with Crippen molar-refractivity contribution < 1.29 is 4.74 Å². The van der Waals surface area contributed by atoms with Crippen LogP contribution >= 0.6 is 0 Å². The summed E-state index contributed by atoms with van der Waals surface area (Å²) in [6.07, 6.45) is 5.11. The molecule has 1 aliphatic rings. The lowest BCUT2D eigenvalue weighted by Gasteiger charge is -2.29. The maximum absolute atomic E-state index is 8.87. The Balaban J connectivity index is 1.80. The molecule has 0 radical (unpaired) electrons. The van der Waals surface area contributed by atoms with Gasteiger partial charge in [0, 0.05) is 6.04 Å². The molecule has 0 saturated heterocycles. The molecule has 0 heterocycles. The number of nitrogens with one attached hydrogen (secondary N) is 1. The highest BCUT2D eigenvalue weighted by molar-refractivity contribution is 5.37. The average molecular weight is 272 g/mol. The molecule has 0 aliphatic heterocycles. The molecule has 1 saturated carbocycles. The first-order valence-electron chi connectivity index (χ1n) is 7.57. The van der Waals surface area contributed by atoms with E-state index in [9.17, 15) is 0 Å². The molecule has 2 rings (SSSR count). The van der Waals surface area contributed by atoms with Crippen molar-refractivity contribution in [1.82, 2.24) is 5.32 Å². The lowest BCUT2D eigenvalue weighted by molar-refractivity contribution is 0.0112. The van der Waals surface area contributed by atoms with Gasteiger partial charge in [0.25, 0.3) is 0 Å². The summed E-state index contributed by atoms with van der Waals surface area (Å²) in [5.74, 6) is 0. The quantitative estimate of drug-likeness (QED) is 0.894. The largest absolute Gasteiger partial charge is 0.374 e. The zero-order valence-corrected chi connectivity index (χ0v) is 12.5. The van der Waals surface area contributed by atoms with Gasteiger partial charge >= 0.3 is 0 Å². The lowest BCUT2D eigenvalue weighted by atomic mass is 9.93. The Morgan fingerprint density at radius 1 is 1.30 bits per heavy atom. The minimum Gasteiger partial charge on any atom is -0.374 e. The second kappa shape index (κ2) is 7.42. The van der Waals surface area contributed by atoms with Gasteiger partial charge in [0.05, 0.1) is 24.3 Å². The van der Waals surface area contributed by atoms with Crippen molar-refractivity contribution in [3.05, 3.63) is 34.9 Å². The fourth-order valence-corrected chi connectivity index (χ4v) is 2.86. The molecule has 108 valence electrons. The van der Waals surface area contributed by atoms with Gasteiger partial charge in [-0.05, 0) is 62.4 Å². The number of ether oxygens (including phenoxy) is 1. The van der Waals surface area contributed by atoms with E-state index in [1.54, 1.807) is 0 Å². The molecule has 1 aromatic rings. The van der Waals surface area contributed by atoms with Crippen LogP contribution in [0.2, 0.25) is 0 Å². The smallest absolute Gasteiger partial charge is 0.0991 e. The van der Waals surface area contributed by atoms with E-state index in [1.807, 2.05) is 25.1 Å². The Labute approximate surface area is 121 Å². The Hall–Kier alpha value is -1.37. The molecule has 3 heteroatoms. The summed E-state index contributed by atoms with van der Waals surface area (Å²) < 4.78 is 6.04. The van der Waals surface area contributed by atoms with Crippen LogP contribution in [0.3, 0.4) is 0 Å². The molecule has 1 aliphatic carbocycles. The first kappa shape index (κ1) is 15.0. The van der Waals surface area contributed by atoms with Gasteiger partial charge in [-0.2, -0.15) is 5.26 Å². The second-order valence-corrected chi connectivity index (χ2v) is 5.60.